The first kappa shape index (κ1) is 17.5. The topological polar surface area (TPSA) is 64.6 Å². The molecule has 0 saturated carbocycles. The molecule has 3 aliphatic rings. The van der Waals surface area contributed by atoms with Crippen LogP contribution in [0.1, 0.15) is 51.0 Å². The molecule has 0 radical (unpaired) electrons. The maximum atomic E-state index is 12.9. The average Bonchev–Trinajstić information content (AvgIpc) is 3.08. The van der Waals surface area contributed by atoms with Gasteiger partial charge in [-0.15, -0.1) is 0 Å². The van der Waals surface area contributed by atoms with Gasteiger partial charge in [0.1, 0.15) is 11.3 Å². The number of fused-ring (bicyclic) bond motifs is 2. The average molecular weight is 385 g/mol. The monoisotopic (exact) mass is 385 g/mol. The number of ether oxygens (including phenoxy) is 2. The Balaban J connectivity index is 1.73. The molecule has 0 aromatic heterocycles. The third-order valence-corrected chi connectivity index (χ3v) is 5.99. The number of rotatable bonds is 2. The predicted molar refractivity (Wildman–Crippen MR) is 107 cm³/mol. The molecule has 3 aromatic carbocycles. The van der Waals surface area contributed by atoms with E-state index in [1.165, 1.54) is 18.2 Å². The first-order valence-corrected chi connectivity index (χ1v) is 9.46. The smallest absolute Gasteiger partial charge is 0.437 e. The van der Waals surface area contributed by atoms with Gasteiger partial charge in [0, 0.05) is 11.5 Å². The standard InChI is InChI=1S/C24H19NO4/c1-14-15-3-6-17(7-4-15)24(18-8-10-19(11-9-18)29-23(27)28-2)21-13-16(14)5-12-20(21)22(26)25-24/h3-14H,1-2H3,(H,25,26). The normalized spacial score (nSPS) is 21.0. The van der Waals surface area contributed by atoms with E-state index < -0.39 is 11.7 Å². The molecule has 0 fully saturated rings. The number of nitrogens with one attached hydrogen (secondary N) is 1. The summed E-state index contributed by atoms with van der Waals surface area (Å²) in [5.41, 5.74) is 5.11. The van der Waals surface area contributed by atoms with Crippen molar-refractivity contribution in [3.05, 3.63) is 100 Å². The first-order chi connectivity index (χ1) is 14.0. The number of amides is 1. The highest BCUT2D eigenvalue weighted by Crippen LogP contribution is 2.45. The minimum Gasteiger partial charge on any atom is -0.437 e. The van der Waals surface area contributed by atoms with E-state index in [2.05, 4.69) is 47.3 Å². The molecular weight excluding hydrogens is 366 g/mol. The van der Waals surface area contributed by atoms with Crippen molar-refractivity contribution in [2.45, 2.75) is 18.4 Å². The number of hydrogen-bond acceptors (Lipinski definition) is 4. The van der Waals surface area contributed by atoms with E-state index in [1.54, 1.807) is 12.1 Å². The molecule has 1 N–H and O–H groups in total. The van der Waals surface area contributed by atoms with Gasteiger partial charge >= 0.3 is 6.16 Å². The Morgan fingerprint density at radius 1 is 0.931 bits per heavy atom. The molecular formula is C24H19NO4. The Kier molecular flexibility index (Phi) is 3.74. The summed E-state index contributed by atoms with van der Waals surface area (Å²) in [6.45, 7) is 2.17. The lowest BCUT2D eigenvalue weighted by molar-refractivity contribution is 0.0948. The van der Waals surface area contributed by atoms with Crippen molar-refractivity contribution in [1.82, 2.24) is 5.32 Å². The van der Waals surface area contributed by atoms with Gasteiger partial charge in [-0.2, -0.15) is 0 Å². The van der Waals surface area contributed by atoms with E-state index >= 15 is 0 Å². The van der Waals surface area contributed by atoms with Crippen LogP contribution in [-0.2, 0) is 10.3 Å². The van der Waals surface area contributed by atoms with Gasteiger partial charge in [0.2, 0.25) is 0 Å². The SMILES string of the molecule is COC(=O)Oc1ccc(C23NC(=O)c4ccc(cc42)C(C)c2ccc3cc2)cc1. The molecule has 2 atom stereocenters. The van der Waals surface area contributed by atoms with Crippen LogP contribution in [0.15, 0.2) is 66.7 Å². The number of methoxy groups -OCH3 is 1. The van der Waals surface area contributed by atoms with Gasteiger partial charge in [-0.3, -0.25) is 4.79 Å². The Morgan fingerprint density at radius 3 is 2.21 bits per heavy atom. The lowest BCUT2D eigenvalue weighted by Gasteiger charge is -2.32. The fourth-order valence-electron chi connectivity index (χ4n) is 4.39. The first-order valence-electron chi connectivity index (χ1n) is 9.46. The molecule has 5 heteroatoms. The maximum absolute atomic E-state index is 12.9. The third-order valence-electron chi connectivity index (χ3n) is 5.99. The Morgan fingerprint density at radius 2 is 1.55 bits per heavy atom. The predicted octanol–water partition coefficient (Wildman–Crippen LogP) is 4.33. The van der Waals surface area contributed by atoms with Gasteiger partial charge in [0.05, 0.1) is 7.11 Å². The van der Waals surface area contributed by atoms with Gasteiger partial charge in [-0.25, -0.2) is 4.79 Å². The van der Waals surface area contributed by atoms with E-state index in [9.17, 15) is 9.59 Å². The summed E-state index contributed by atoms with van der Waals surface area (Å²) in [4.78, 5) is 24.3. The van der Waals surface area contributed by atoms with E-state index in [0.29, 0.717) is 11.3 Å². The summed E-state index contributed by atoms with van der Waals surface area (Å²) in [7, 11) is 1.26. The zero-order valence-corrected chi connectivity index (χ0v) is 16.1. The zero-order valence-electron chi connectivity index (χ0n) is 16.1. The van der Waals surface area contributed by atoms with Crippen LogP contribution < -0.4 is 10.1 Å². The summed E-state index contributed by atoms with van der Waals surface area (Å²) < 4.78 is 9.65. The second-order valence-electron chi connectivity index (χ2n) is 7.43. The van der Waals surface area contributed by atoms with Gasteiger partial charge < -0.3 is 14.8 Å². The Hall–Kier alpha value is -3.60. The molecule has 1 amide bonds. The molecule has 1 heterocycles. The minimum atomic E-state index is -0.797. The summed E-state index contributed by atoms with van der Waals surface area (Å²) in [5.74, 6) is 0.512. The van der Waals surface area contributed by atoms with Crippen LogP contribution in [0.2, 0.25) is 0 Å². The second-order valence-corrected chi connectivity index (χ2v) is 7.43. The highest BCUT2D eigenvalue weighted by molar-refractivity contribution is 6.02. The van der Waals surface area contributed by atoms with Crippen molar-refractivity contribution in [2.75, 3.05) is 7.11 Å². The minimum absolute atomic E-state index is 0.0984. The van der Waals surface area contributed by atoms with Crippen molar-refractivity contribution >= 4 is 12.1 Å². The van der Waals surface area contributed by atoms with Crippen LogP contribution >= 0.6 is 0 Å². The zero-order chi connectivity index (χ0) is 20.2. The maximum Gasteiger partial charge on any atom is 0.513 e. The highest BCUT2D eigenvalue weighted by atomic mass is 16.7. The quantitative estimate of drug-likeness (QED) is 0.527. The molecule has 3 aromatic rings. The molecule has 1 aliphatic heterocycles. The van der Waals surface area contributed by atoms with Crippen molar-refractivity contribution in [1.29, 1.82) is 0 Å². The number of benzene rings is 3. The van der Waals surface area contributed by atoms with Crippen molar-refractivity contribution in [3.8, 4) is 5.75 Å². The highest BCUT2D eigenvalue weighted by Gasteiger charge is 2.46. The van der Waals surface area contributed by atoms with Crippen molar-refractivity contribution in [3.63, 3.8) is 0 Å². The summed E-state index contributed by atoms with van der Waals surface area (Å²) in [6.07, 6.45) is -0.771. The molecule has 4 bridgehead atoms. The molecule has 0 saturated heterocycles. The van der Waals surface area contributed by atoms with Crippen LogP contribution in [0, 0.1) is 0 Å². The fraction of sp³-hybridized carbons (Fsp3) is 0.167. The summed E-state index contributed by atoms with van der Waals surface area (Å²) >= 11 is 0. The molecule has 29 heavy (non-hydrogen) atoms. The second kappa shape index (κ2) is 6.21. The van der Waals surface area contributed by atoms with Gasteiger partial charge in [-0.1, -0.05) is 55.5 Å². The van der Waals surface area contributed by atoms with Gasteiger partial charge in [0.25, 0.3) is 5.91 Å². The van der Waals surface area contributed by atoms with Crippen LogP contribution in [0.5, 0.6) is 5.75 Å². The van der Waals surface area contributed by atoms with Gasteiger partial charge in [-0.05, 0) is 46.0 Å². The van der Waals surface area contributed by atoms with Crippen molar-refractivity contribution in [2.24, 2.45) is 0 Å². The number of carbonyl (C=O) groups excluding carboxylic acids is 2. The number of carbonyl (C=O) groups is 2. The van der Waals surface area contributed by atoms with Crippen LogP contribution in [0.4, 0.5) is 4.79 Å². The lowest BCUT2D eigenvalue weighted by atomic mass is 9.78. The fourth-order valence-corrected chi connectivity index (χ4v) is 4.39. The molecule has 6 rings (SSSR count). The van der Waals surface area contributed by atoms with E-state index in [0.717, 1.165) is 16.7 Å². The Labute approximate surface area is 168 Å². The van der Waals surface area contributed by atoms with E-state index in [-0.39, 0.29) is 11.8 Å². The molecule has 2 aliphatic carbocycles. The van der Waals surface area contributed by atoms with Crippen LogP contribution in [-0.4, -0.2) is 19.2 Å². The molecule has 5 nitrogen and oxygen atoms in total. The largest absolute Gasteiger partial charge is 0.513 e. The lowest BCUT2D eigenvalue weighted by Crippen LogP contribution is -2.41. The Bertz CT molecular complexity index is 1130. The molecule has 0 spiro atoms. The van der Waals surface area contributed by atoms with E-state index in [4.69, 9.17) is 4.74 Å². The number of hydrogen-bond donors (Lipinski definition) is 1. The van der Waals surface area contributed by atoms with Gasteiger partial charge in [0.15, 0.2) is 0 Å². The van der Waals surface area contributed by atoms with Crippen LogP contribution in [0.3, 0.4) is 0 Å². The van der Waals surface area contributed by atoms with Crippen molar-refractivity contribution < 1.29 is 19.1 Å². The molecule has 144 valence electrons. The summed E-state index contributed by atoms with van der Waals surface area (Å²) in [6, 6.07) is 21.6. The van der Waals surface area contributed by atoms with Crippen LogP contribution in [0.25, 0.3) is 0 Å². The molecule has 2 unspecified atom stereocenters. The third kappa shape index (κ3) is 2.47. The summed E-state index contributed by atoms with van der Waals surface area (Å²) in [5, 5.41) is 3.23. The van der Waals surface area contributed by atoms with E-state index in [1.807, 2.05) is 24.3 Å².